The van der Waals surface area contributed by atoms with Gasteiger partial charge in [0.05, 0.1) is 5.92 Å². The van der Waals surface area contributed by atoms with Crippen LogP contribution in [0.4, 0.5) is 0 Å². The lowest BCUT2D eigenvalue weighted by Gasteiger charge is -2.30. The van der Waals surface area contributed by atoms with Crippen LogP contribution in [0.15, 0.2) is 28.7 Å². The zero-order valence-corrected chi connectivity index (χ0v) is 12.1. The van der Waals surface area contributed by atoms with E-state index in [1.165, 1.54) is 0 Å². The Morgan fingerprint density at radius 1 is 1.42 bits per heavy atom. The van der Waals surface area contributed by atoms with Gasteiger partial charge in [-0.25, -0.2) is 0 Å². The second-order valence-electron chi connectivity index (χ2n) is 4.75. The smallest absolute Gasteiger partial charge is 0.307 e. The predicted octanol–water partition coefficient (Wildman–Crippen LogP) is 2.31. The van der Waals surface area contributed by atoms with E-state index < -0.39 is 11.9 Å². The predicted molar refractivity (Wildman–Crippen MR) is 74.8 cm³/mol. The van der Waals surface area contributed by atoms with Crippen LogP contribution < -0.4 is 0 Å². The monoisotopic (exact) mass is 325 g/mol. The summed E-state index contributed by atoms with van der Waals surface area (Å²) in [5.74, 6) is -1.42. The molecule has 1 heterocycles. The van der Waals surface area contributed by atoms with E-state index >= 15 is 0 Å². The first-order valence-electron chi connectivity index (χ1n) is 6.32. The van der Waals surface area contributed by atoms with Crippen molar-refractivity contribution in [2.75, 3.05) is 13.1 Å². The summed E-state index contributed by atoms with van der Waals surface area (Å²) in [6, 6.07) is 7.93. The second kappa shape index (κ2) is 6.19. The van der Waals surface area contributed by atoms with Gasteiger partial charge in [-0.05, 0) is 24.5 Å². The first kappa shape index (κ1) is 14.1. The molecule has 1 aliphatic rings. The fourth-order valence-electron chi connectivity index (χ4n) is 2.28. The molecule has 0 radical (unpaired) electrons. The first-order valence-corrected chi connectivity index (χ1v) is 7.11. The quantitative estimate of drug-likeness (QED) is 0.924. The summed E-state index contributed by atoms with van der Waals surface area (Å²) in [5, 5.41) is 8.91. The van der Waals surface area contributed by atoms with Gasteiger partial charge in [0, 0.05) is 24.0 Å². The zero-order valence-electron chi connectivity index (χ0n) is 10.5. The molecule has 102 valence electrons. The van der Waals surface area contributed by atoms with Crippen LogP contribution >= 0.6 is 15.9 Å². The van der Waals surface area contributed by atoms with E-state index in [4.69, 9.17) is 5.11 Å². The number of carbonyl (C=O) groups is 2. The number of carbonyl (C=O) groups excluding carboxylic acids is 1. The van der Waals surface area contributed by atoms with Crippen molar-refractivity contribution in [2.45, 2.75) is 19.3 Å². The number of carboxylic acids is 1. The molecule has 4 nitrogen and oxygen atoms in total. The van der Waals surface area contributed by atoms with Crippen molar-refractivity contribution in [1.82, 2.24) is 4.90 Å². The summed E-state index contributed by atoms with van der Waals surface area (Å²) in [4.78, 5) is 24.5. The Labute approximate surface area is 120 Å². The summed E-state index contributed by atoms with van der Waals surface area (Å²) in [6.45, 7) is 1.19. The van der Waals surface area contributed by atoms with Gasteiger partial charge in [-0.3, -0.25) is 9.59 Å². The number of rotatable bonds is 4. The highest BCUT2D eigenvalue weighted by atomic mass is 79.9. The Morgan fingerprint density at radius 2 is 2.16 bits per heavy atom. The van der Waals surface area contributed by atoms with Gasteiger partial charge < -0.3 is 10.0 Å². The van der Waals surface area contributed by atoms with Crippen LogP contribution in [0.3, 0.4) is 0 Å². The third-order valence-corrected chi connectivity index (χ3v) is 4.25. The Kier molecular flexibility index (Phi) is 4.58. The number of likely N-dealkylation sites (tertiary alicyclic amines) is 1. The molecule has 1 aromatic carbocycles. The molecule has 5 heteroatoms. The van der Waals surface area contributed by atoms with E-state index in [1.807, 2.05) is 24.3 Å². The Bertz CT molecular complexity index is 489. The van der Waals surface area contributed by atoms with Crippen molar-refractivity contribution in [2.24, 2.45) is 5.92 Å². The third-order valence-electron chi connectivity index (χ3n) is 3.48. The van der Waals surface area contributed by atoms with Crippen molar-refractivity contribution in [3.05, 3.63) is 34.3 Å². The van der Waals surface area contributed by atoms with Crippen molar-refractivity contribution in [3.63, 3.8) is 0 Å². The third kappa shape index (κ3) is 3.56. The van der Waals surface area contributed by atoms with Crippen LogP contribution in [0.1, 0.15) is 18.4 Å². The highest BCUT2D eigenvalue weighted by molar-refractivity contribution is 9.10. The van der Waals surface area contributed by atoms with Gasteiger partial charge in [-0.1, -0.05) is 34.1 Å². The maximum atomic E-state index is 11.9. The molecule has 1 N–H and O–H groups in total. The van der Waals surface area contributed by atoms with Gasteiger partial charge >= 0.3 is 5.97 Å². The number of nitrogens with zero attached hydrogens (tertiary/aromatic N) is 1. The van der Waals surface area contributed by atoms with Crippen LogP contribution in [0, 0.1) is 5.92 Å². The minimum atomic E-state index is -0.862. The molecule has 19 heavy (non-hydrogen) atoms. The Morgan fingerprint density at radius 3 is 2.79 bits per heavy atom. The molecule has 2 rings (SSSR count). The molecule has 1 unspecified atom stereocenters. The molecule has 0 aliphatic carbocycles. The number of hydrogen-bond acceptors (Lipinski definition) is 2. The van der Waals surface area contributed by atoms with Crippen LogP contribution in [-0.4, -0.2) is 35.0 Å². The highest BCUT2D eigenvalue weighted by Gasteiger charge is 2.29. The zero-order chi connectivity index (χ0) is 13.8. The van der Waals surface area contributed by atoms with Gasteiger partial charge in [-0.2, -0.15) is 0 Å². The second-order valence-corrected chi connectivity index (χ2v) is 5.60. The van der Waals surface area contributed by atoms with Crippen LogP contribution in [0.5, 0.6) is 0 Å². The lowest BCUT2D eigenvalue weighted by molar-refractivity contribution is -0.149. The first-order chi connectivity index (χ1) is 9.08. The van der Waals surface area contributed by atoms with Crippen LogP contribution in [0.25, 0.3) is 0 Å². The van der Waals surface area contributed by atoms with Gasteiger partial charge in [0.1, 0.15) is 0 Å². The number of amides is 1. The molecule has 0 spiro atoms. The molecular formula is C14H16BrNO3. The number of benzene rings is 1. The molecular weight excluding hydrogens is 310 g/mol. The van der Waals surface area contributed by atoms with E-state index in [1.54, 1.807) is 4.90 Å². The lowest BCUT2D eigenvalue weighted by Crippen LogP contribution is -2.41. The van der Waals surface area contributed by atoms with Gasteiger partial charge in [0.15, 0.2) is 0 Å². The molecule has 0 aromatic heterocycles. The van der Waals surface area contributed by atoms with Crippen molar-refractivity contribution in [3.8, 4) is 0 Å². The summed E-state index contributed by atoms with van der Waals surface area (Å²) in [5.41, 5.74) is 1.16. The summed E-state index contributed by atoms with van der Waals surface area (Å²) in [7, 11) is 0. The molecule has 1 fully saturated rings. The van der Waals surface area contributed by atoms with Crippen molar-refractivity contribution in [1.29, 1.82) is 0 Å². The van der Waals surface area contributed by atoms with E-state index in [9.17, 15) is 9.59 Å². The Hall–Kier alpha value is -1.36. The van der Waals surface area contributed by atoms with E-state index in [0.717, 1.165) is 16.5 Å². The molecule has 0 saturated carbocycles. The molecule has 1 saturated heterocycles. The van der Waals surface area contributed by atoms with Gasteiger partial charge in [0.25, 0.3) is 0 Å². The number of aliphatic carboxylic acids is 1. The van der Waals surface area contributed by atoms with E-state index in [-0.39, 0.29) is 12.3 Å². The topological polar surface area (TPSA) is 57.6 Å². The normalized spacial score (nSPS) is 19.5. The number of hydrogen-bond donors (Lipinski definition) is 1. The minimum Gasteiger partial charge on any atom is -0.481 e. The van der Waals surface area contributed by atoms with Gasteiger partial charge in [-0.15, -0.1) is 0 Å². The van der Waals surface area contributed by atoms with Gasteiger partial charge in [0.2, 0.25) is 5.91 Å². The average molecular weight is 326 g/mol. The fraction of sp³-hybridized carbons (Fsp3) is 0.429. The van der Waals surface area contributed by atoms with E-state index in [2.05, 4.69) is 15.9 Å². The minimum absolute atomic E-state index is 0.0503. The summed E-state index contributed by atoms with van der Waals surface area (Å²) >= 11 is 3.48. The number of carboxylic acid groups (broad SMARTS) is 1. The molecule has 1 aromatic rings. The lowest BCUT2D eigenvalue weighted by atomic mass is 9.96. The highest BCUT2D eigenvalue weighted by Crippen LogP contribution is 2.20. The standard InChI is InChI=1S/C14H16BrNO3/c15-12-4-2-1-3-10(12)5-7-16-8-6-11(14(18)19)9-13(16)17/h1-4,11H,5-9H2,(H,18,19). The summed E-state index contributed by atoms with van der Waals surface area (Å²) < 4.78 is 1.04. The number of piperidine rings is 1. The average Bonchev–Trinajstić information content (AvgIpc) is 2.39. The van der Waals surface area contributed by atoms with Crippen LogP contribution in [0.2, 0.25) is 0 Å². The maximum Gasteiger partial charge on any atom is 0.307 e. The number of halogens is 1. The fourth-order valence-corrected chi connectivity index (χ4v) is 2.77. The Balaban J connectivity index is 1.89. The van der Waals surface area contributed by atoms with Crippen LogP contribution in [-0.2, 0) is 16.0 Å². The molecule has 1 amide bonds. The molecule has 1 aliphatic heterocycles. The molecule has 1 atom stereocenters. The van der Waals surface area contributed by atoms with Crippen molar-refractivity contribution < 1.29 is 14.7 Å². The molecule has 0 bridgehead atoms. The SMILES string of the molecule is O=C(O)C1CCN(CCc2ccccc2Br)C(=O)C1. The largest absolute Gasteiger partial charge is 0.481 e. The van der Waals surface area contributed by atoms with Crippen molar-refractivity contribution >= 4 is 27.8 Å². The summed E-state index contributed by atoms with van der Waals surface area (Å²) in [6.07, 6.45) is 1.47. The van der Waals surface area contributed by atoms with E-state index in [0.29, 0.717) is 19.5 Å². The maximum absolute atomic E-state index is 11.9.